The summed E-state index contributed by atoms with van der Waals surface area (Å²) >= 11 is 0. The van der Waals surface area contributed by atoms with Crippen molar-refractivity contribution in [3.8, 4) is 17.2 Å². The fourth-order valence-electron chi connectivity index (χ4n) is 2.92. The number of nitrogens with one attached hydrogen (secondary N) is 1. The average molecular weight is 415 g/mol. The molecule has 1 amide bonds. The molecule has 0 saturated carbocycles. The third kappa shape index (κ3) is 5.79. The van der Waals surface area contributed by atoms with Gasteiger partial charge < -0.3 is 29.4 Å². The third-order valence-corrected chi connectivity index (χ3v) is 4.19. The van der Waals surface area contributed by atoms with E-state index in [9.17, 15) is 14.7 Å². The lowest BCUT2D eigenvalue weighted by atomic mass is 10.1. The van der Waals surface area contributed by atoms with Crippen molar-refractivity contribution in [2.24, 2.45) is 0 Å². The number of carbonyl (C=O) groups is 2. The van der Waals surface area contributed by atoms with Crippen LogP contribution in [0.5, 0.6) is 17.2 Å². The third-order valence-electron chi connectivity index (χ3n) is 4.19. The number of amides is 1. The molecule has 8 heteroatoms. The van der Waals surface area contributed by atoms with Gasteiger partial charge in [-0.2, -0.15) is 0 Å². The van der Waals surface area contributed by atoms with Gasteiger partial charge in [-0.3, -0.25) is 0 Å². The van der Waals surface area contributed by atoms with Gasteiger partial charge in [0.1, 0.15) is 23.5 Å². The summed E-state index contributed by atoms with van der Waals surface area (Å²) in [4.78, 5) is 23.9. The van der Waals surface area contributed by atoms with Crippen LogP contribution in [0.1, 0.15) is 36.7 Å². The van der Waals surface area contributed by atoms with Crippen molar-refractivity contribution in [3.63, 3.8) is 0 Å². The van der Waals surface area contributed by atoms with Crippen LogP contribution in [0.3, 0.4) is 0 Å². The van der Waals surface area contributed by atoms with Crippen LogP contribution in [0, 0.1) is 0 Å². The SMILES string of the molecule is CC(C)(C)OC(=O)N[C@@H](COc1cc2c(cc1C(=O)O)OCO2)Cc1ccccc1. The maximum absolute atomic E-state index is 12.3. The molecule has 2 aromatic rings. The maximum Gasteiger partial charge on any atom is 0.408 e. The number of rotatable bonds is 7. The molecule has 1 aliphatic rings. The normalized spacial score (nSPS) is 13.4. The number of hydrogen-bond acceptors (Lipinski definition) is 6. The second kappa shape index (κ2) is 8.94. The lowest BCUT2D eigenvalue weighted by molar-refractivity contribution is 0.0485. The Labute approximate surface area is 174 Å². The number of fused-ring (bicyclic) bond motifs is 1. The number of ether oxygens (including phenoxy) is 4. The van der Waals surface area contributed by atoms with Crippen molar-refractivity contribution in [1.82, 2.24) is 5.32 Å². The van der Waals surface area contributed by atoms with Gasteiger partial charge in [0, 0.05) is 12.1 Å². The quantitative estimate of drug-likeness (QED) is 0.712. The van der Waals surface area contributed by atoms with Gasteiger partial charge in [-0.15, -0.1) is 0 Å². The predicted molar refractivity (Wildman–Crippen MR) is 108 cm³/mol. The van der Waals surface area contributed by atoms with Gasteiger partial charge >= 0.3 is 12.1 Å². The highest BCUT2D eigenvalue weighted by Gasteiger charge is 2.24. The Morgan fingerprint density at radius 3 is 2.43 bits per heavy atom. The Hall–Kier alpha value is -3.42. The Kier molecular flexibility index (Phi) is 6.34. The molecular weight excluding hydrogens is 390 g/mol. The minimum absolute atomic E-state index is 0.0225. The molecule has 2 aromatic carbocycles. The van der Waals surface area contributed by atoms with E-state index in [0.717, 1.165) is 5.56 Å². The van der Waals surface area contributed by atoms with Crippen LogP contribution in [0.25, 0.3) is 0 Å². The zero-order valence-electron chi connectivity index (χ0n) is 17.1. The molecule has 1 atom stereocenters. The zero-order valence-corrected chi connectivity index (χ0v) is 17.1. The number of aromatic carboxylic acids is 1. The first kappa shape index (κ1) is 21.3. The average Bonchev–Trinajstić information content (AvgIpc) is 3.12. The molecule has 0 aliphatic carbocycles. The van der Waals surface area contributed by atoms with E-state index >= 15 is 0 Å². The summed E-state index contributed by atoms with van der Waals surface area (Å²) in [7, 11) is 0. The Balaban J connectivity index is 1.76. The summed E-state index contributed by atoms with van der Waals surface area (Å²) in [6.45, 7) is 5.39. The first-order chi connectivity index (χ1) is 14.2. The van der Waals surface area contributed by atoms with Gasteiger partial charge in [0.2, 0.25) is 6.79 Å². The van der Waals surface area contributed by atoms with Crippen molar-refractivity contribution >= 4 is 12.1 Å². The fourth-order valence-corrected chi connectivity index (χ4v) is 2.92. The van der Waals surface area contributed by atoms with E-state index in [4.69, 9.17) is 18.9 Å². The van der Waals surface area contributed by atoms with E-state index in [1.54, 1.807) is 20.8 Å². The Morgan fingerprint density at radius 2 is 1.80 bits per heavy atom. The van der Waals surface area contributed by atoms with E-state index in [-0.39, 0.29) is 24.7 Å². The maximum atomic E-state index is 12.3. The number of benzene rings is 2. The van der Waals surface area contributed by atoms with Crippen molar-refractivity contribution in [1.29, 1.82) is 0 Å². The number of carbonyl (C=O) groups excluding carboxylic acids is 1. The van der Waals surface area contributed by atoms with Gasteiger partial charge in [0.05, 0.1) is 6.04 Å². The minimum atomic E-state index is -1.15. The van der Waals surface area contributed by atoms with E-state index in [0.29, 0.717) is 17.9 Å². The van der Waals surface area contributed by atoms with Crippen molar-refractivity contribution in [2.45, 2.75) is 38.8 Å². The molecule has 30 heavy (non-hydrogen) atoms. The first-order valence-corrected chi connectivity index (χ1v) is 9.54. The van der Waals surface area contributed by atoms with E-state index < -0.39 is 23.7 Å². The molecule has 0 unspecified atom stereocenters. The number of carboxylic acid groups (broad SMARTS) is 1. The minimum Gasteiger partial charge on any atom is -0.490 e. The second-order valence-corrected chi connectivity index (χ2v) is 7.85. The molecule has 3 rings (SSSR count). The van der Waals surface area contributed by atoms with Gasteiger partial charge in [-0.05, 0) is 32.8 Å². The molecule has 8 nitrogen and oxygen atoms in total. The smallest absolute Gasteiger partial charge is 0.408 e. The Morgan fingerprint density at radius 1 is 1.13 bits per heavy atom. The van der Waals surface area contributed by atoms with Gasteiger partial charge in [0.15, 0.2) is 11.5 Å². The number of alkyl carbamates (subject to hydrolysis) is 1. The summed E-state index contributed by atoms with van der Waals surface area (Å²) in [5, 5.41) is 12.3. The molecule has 160 valence electrons. The van der Waals surface area contributed by atoms with Crippen LogP contribution in [-0.2, 0) is 11.2 Å². The van der Waals surface area contributed by atoms with Crippen LogP contribution in [-0.4, -0.2) is 42.2 Å². The van der Waals surface area contributed by atoms with E-state index in [2.05, 4.69) is 5.32 Å². The second-order valence-electron chi connectivity index (χ2n) is 7.85. The molecule has 2 N–H and O–H groups in total. The molecule has 0 saturated heterocycles. The molecule has 0 aromatic heterocycles. The van der Waals surface area contributed by atoms with Crippen LogP contribution in [0.4, 0.5) is 4.79 Å². The Bertz CT molecular complexity index is 906. The summed E-state index contributed by atoms with van der Waals surface area (Å²) in [5.74, 6) is -0.249. The molecule has 0 fully saturated rings. The summed E-state index contributed by atoms with van der Waals surface area (Å²) in [6.07, 6.45) is -0.0938. The fraction of sp³-hybridized carbons (Fsp3) is 0.364. The lowest BCUT2D eigenvalue weighted by Gasteiger charge is -2.24. The summed E-state index contributed by atoms with van der Waals surface area (Å²) < 4.78 is 21.7. The lowest BCUT2D eigenvalue weighted by Crippen LogP contribution is -2.43. The zero-order chi connectivity index (χ0) is 21.7. The highest BCUT2D eigenvalue weighted by Crippen LogP contribution is 2.38. The van der Waals surface area contributed by atoms with E-state index in [1.807, 2.05) is 30.3 Å². The molecule has 0 bridgehead atoms. The molecule has 1 heterocycles. The van der Waals surface area contributed by atoms with Crippen molar-refractivity contribution in [2.75, 3.05) is 13.4 Å². The van der Waals surface area contributed by atoms with Crippen LogP contribution in [0.2, 0.25) is 0 Å². The van der Waals surface area contributed by atoms with Gasteiger partial charge in [-0.1, -0.05) is 30.3 Å². The monoisotopic (exact) mass is 415 g/mol. The van der Waals surface area contributed by atoms with Crippen LogP contribution in [0.15, 0.2) is 42.5 Å². The van der Waals surface area contributed by atoms with Crippen LogP contribution < -0.4 is 19.5 Å². The van der Waals surface area contributed by atoms with Gasteiger partial charge in [-0.25, -0.2) is 9.59 Å². The van der Waals surface area contributed by atoms with Crippen molar-refractivity contribution < 1.29 is 33.6 Å². The molecule has 0 spiro atoms. The number of carboxylic acids is 1. The standard InChI is InChI=1S/C22H25NO7/c1-22(2,3)30-21(26)23-15(9-14-7-5-4-6-8-14)12-27-17-11-19-18(28-13-29-19)10-16(17)20(24)25/h4-8,10-11,15H,9,12-13H2,1-3H3,(H,23,26)(H,24,25)/t15-/m1/s1. The van der Waals surface area contributed by atoms with E-state index in [1.165, 1.54) is 12.1 Å². The topological polar surface area (TPSA) is 103 Å². The molecular formula is C22H25NO7. The summed E-state index contributed by atoms with van der Waals surface area (Å²) in [6, 6.07) is 12.0. The first-order valence-electron chi connectivity index (χ1n) is 9.54. The summed E-state index contributed by atoms with van der Waals surface area (Å²) in [5.41, 5.74) is 0.303. The highest BCUT2D eigenvalue weighted by atomic mass is 16.7. The van der Waals surface area contributed by atoms with Gasteiger partial charge in [0.25, 0.3) is 0 Å². The molecule has 1 aliphatic heterocycles. The van der Waals surface area contributed by atoms with Crippen molar-refractivity contribution in [3.05, 3.63) is 53.6 Å². The predicted octanol–water partition coefficient (Wildman–Crippen LogP) is 3.63. The number of hydrogen-bond donors (Lipinski definition) is 2. The highest BCUT2D eigenvalue weighted by molar-refractivity contribution is 5.92. The van der Waals surface area contributed by atoms with Crippen LogP contribution >= 0.6 is 0 Å². The molecule has 0 radical (unpaired) electrons. The largest absolute Gasteiger partial charge is 0.490 e.